The zero-order valence-corrected chi connectivity index (χ0v) is 31.0. The van der Waals surface area contributed by atoms with Gasteiger partial charge in [0.15, 0.2) is 0 Å². The molecule has 0 atom stereocenters. The van der Waals surface area contributed by atoms with Crippen molar-refractivity contribution in [2.24, 2.45) is 23.0 Å². The molecule has 14 heteroatoms. The summed E-state index contributed by atoms with van der Waals surface area (Å²) in [5.74, 6) is -0.531. The molecule has 2 saturated carbocycles. The summed E-state index contributed by atoms with van der Waals surface area (Å²) in [4.78, 5) is 53.5. The maximum atomic E-state index is 14.8. The van der Waals surface area contributed by atoms with Gasteiger partial charge in [-0.05, 0) is 87.3 Å². The van der Waals surface area contributed by atoms with Crippen molar-refractivity contribution < 1.29 is 27.9 Å². The lowest BCUT2D eigenvalue weighted by molar-refractivity contribution is -0.154. The van der Waals surface area contributed by atoms with E-state index in [0.717, 1.165) is 61.5 Å². The number of nitrogens with zero attached hydrogens (tertiary/aromatic N) is 6. The van der Waals surface area contributed by atoms with Crippen LogP contribution in [0.15, 0.2) is 55.0 Å². The van der Waals surface area contributed by atoms with Gasteiger partial charge >= 0.3 is 0 Å². The topological polar surface area (TPSA) is 158 Å². The van der Waals surface area contributed by atoms with Crippen LogP contribution >= 0.6 is 0 Å². The summed E-state index contributed by atoms with van der Waals surface area (Å²) in [6, 6.07) is 10.6. The minimum atomic E-state index is -0.793. The molecule has 12 nitrogen and oxygen atoms in total. The number of carbonyl (C=O) groups is 3. The number of benzene rings is 1. The molecule has 2 saturated heterocycles. The van der Waals surface area contributed by atoms with Gasteiger partial charge in [0.05, 0.1) is 35.2 Å². The highest BCUT2D eigenvalue weighted by Crippen LogP contribution is 2.61. The molecule has 288 valence electrons. The molecule has 1 aromatic carbocycles. The first-order valence-corrected chi connectivity index (χ1v) is 19.0. The Labute approximate surface area is 319 Å². The molecule has 7 rings (SSSR count). The number of rotatable bonds is 11. The maximum Gasteiger partial charge on any atom is 0.254 e. The number of allylic oxidation sites excluding steroid dienone is 1. The molecule has 0 unspecified atom stereocenters. The average molecular weight is 753 g/mol. The number of piperidine rings is 1. The summed E-state index contributed by atoms with van der Waals surface area (Å²) in [5.41, 5.74) is 6.84. The first kappa shape index (κ1) is 37.9. The van der Waals surface area contributed by atoms with Crippen molar-refractivity contribution in [3.8, 4) is 22.9 Å². The molecular weight excluding hydrogens is 706 g/mol. The number of amides is 2. The van der Waals surface area contributed by atoms with Crippen LogP contribution < -0.4 is 20.7 Å². The van der Waals surface area contributed by atoms with Gasteiger partial charge in [-0.2, -0.15) is 5.26 Å². The summed E-state index contributed by atoms with van der Waals surface area (Å²) in [6.07, 6.45) is 10.1. The Morgan fingerprint density at radius 3 is 2.40 bits per heavy atom. The lowest BCUT2D eigenvalue weighted by Crippen LogP contribution is -2.63. The number of hydrogen-bond acceptors (Lipinski definition) is 10. The number of pyridine rings is 2. The lowest BCUT2D eigenvalue weighted by Gasteiger charge is -2.57. The van der Waals surface area contributed by atoms with Crippen LogP contribution in [0.5, 0.6) is 5.75 Å². The molecule has 2 aliphatic carbocycles. The largest absolute Gasteiger partial charge is 0.492 e. The van der Waals surface area contributed by atoms with E-state index in [1.165, 1.54) is 6.20 Å². The smallest absolute Gasteiger partial charge is 0.254 e. The van der Waals surface area contributed by atoms with Gasteiger partial charge in [-0.15, -0.1) is 0 Å². The van der Waals surface area contributed by atoms with Crippen LogP contribution in [0.3, 0.4) is 0 Å². The highest BCUT2D eigenvalue weighted by Gasteiger charge is 2.55. The number of nitrogens with two attached hydrogens (primary N) is 1. The summed E-state index contributed by atoms with van der Waals surface area (Å²) in [7, 11) is 0. The molecule has 0 bridgehead atoms. The summed E-state index contributed by atoms with van der Waals surface area (Å²) < 4.78 is 34.5. The van der Waals surface area contributed by atoms with Crippen molar-refractivity contribution in [1.29, 1.82) is 5.26 Å². The van der Waals surface area contributed by atoms with Crippen molar-refractivity contribution in [1.82, 2.24) is 25.1 Å². The van der Waals surface area contributed by atoms with Gasteiger partial charge in [-0.1, -0.05) is 0 Å². The summed E-state index contributed by atoms with van der Waals surface area (Å²) in [6.45, 7) is 6.28. The van der Waals surface area contributed by atoms with E-state index in [-0.39, 0.29) is 34.3 Å². The third-order valence-electron chi connectivity index (χ3n) is 11.9. The van der Waals surface area contributed by atoms with Gasteiger partial charge in [-0.25, -0.2) is 13.8 Å². The third kappa shape index (κ3) is 7.89. The van der Waals surface area contributed by atoms with E-state index in [0.29, 0.717) is 82.3 Å². The number of aromatic nitrogens is 2. The Kier molecular flexibility index (Phi) is 10.8. The number of nitrogens with one attached hydrogen (secondary N) is 1. The fraction of sp³-hybridized carbons (Fsp3) is 0.463. The molecular formula is C41H46F2N8O4. The van der Waals surface area contributed by atoms with Crippen LogP contribution in [-0.4, -0.2) is 95.8 Å². The Hall–Kier alpha value is -5.42. The number of piperazine rings is 1. The van der Waals surface area contributed by atoms with Crippen molar-refractivity contribution in [2.45, 2.75) is 51.0 Å². The standard InChI is InChI=1S/C41H46F2N8O4/c1-2-55-32-16-33(37(47-24-32)30(21-44)22-45)28-3-6-36(46-23-28)50-9-7-41(8-10-50,48-38(53)34-15-31(42)4-5-35(34)43)26-49-11-13-51(14-12-49)39(54)29-19-40(20-29)17-27(18-40)25-52/h3-6,15-16,21,23-25,27,29H,2,7-14,17-20,26,44H2,1H3,(H,48,53). The number of halogens is 2. The van der Waals surface area contributed by atoms with E-state index in [1.54, 1.807) is 18.5 Å². The summed E-state index contributed by atoms with van der Waals surface area (Å²) in [5, 5.41) is 12.8. The highest BCUT2D eigenvalue weighted by atomic mass is 19.1. The van der Waals surface area contributed by atoms with Gasteiger partial charge in [0.2, 0.25) is 5.91 Å². The first-order chi connectivity index (χ1) is 26.6. The minimum absolute atomic E-state index is 0.0229. The van der Waals surface area contributed by atoms with Crippen molar-refractivity contribution in [2.75, 3.05) is 57.3 Å². The number of aldehydes is 1. The first-order valence-electron chi connectivity index (χ1n) is 19.0. The Balaban J connectivity index is 1.03. The van der Waals surface area contributed by atoms with Gasteiger partial charge in [0.25, 0.3) is 5.91 Å². The zero-order chi connectivity index (χ0) is 38.7. The molecule has 0 radical (unpaired) electrons. The van der Waals surface area contributed by atoms with E-state index in [9.17, 15) is 28.4 Å². The van der Waals surface area contributed by atoms with E-state index in [1.807, 2.05) is 24.0 Å². The van der Waals surface area contributed by atoms with Crippen molar-refractivity contribution in [3.05, 3.63) is 77.9 Å². The van der Waals surface area contributed by atoms with Crippen LogP contribution in [-0.2, 0) is 9.59 Å². The van der Waals surface area contributed by atoms with Gasteiger partial charge in [0, 0.05) is 81.2 Å². The normalized spacial score (nSPS) is 23.6. The third-order valence-corrected chi connectivity index (χ3v) is 11.9. The summed E-state index contributed by atoms with van der Waals surface area (Å²) >= 11 is 0. The quantitative estimate of drug-likeness (QED) is 0.210. The fourth-order valence-corrected chi connectivity index (χ4v) is 8.95. The van der Waals surface area contributed by atoms with Crippen LogP contribution in [0.4, 0.5) is 14.6 Å². The molecule has 2 amide bonds. The monoisotopic (exact) mass is 752 g/mol. The predicted octanol–water partition coefficient (Wildman–Crippen LogP) is 4.56. The number of ether oxygens (including phenoxy) is 1. The van der Waals surface area contributed by atoms with Crippen molar-refractivity contribution >= 4 is 29.5 Å². The average Bonchev–Trinajstić information content (AvgIpc) is 3.16. The van der Waals surface area contributed by atoms with Crippen LogP contribution in [0.25, 0.3) is 16.7 Å². The molecule has 3 aromatic rings. The zero-order valence-electron chi connectivity index (χ0n) is 31.0. The molecule has 1 spiro atoms. The minimum Gasteiger partial charge on any atom is -0.492 e. The van der Waals surface area contributed by atoms with E-state index in [2.05, 4.69) is 26.2 Å². The highest BCUT2D eigenvalue weighted by molar-refractivity contribution is 5.95. The molecule has 4 fully saturated rings. The van der Waals surface area contributed by atoms with E-state index in [4.69, 9.17) is 15.5 Å². The second-order valence-corrected chi connectivity index (χ2v) is 15.5. The van der Waals surface area contributed by atoms with Gasteiger partial charge < -0.3 is 30.4 Å². The second kappa shape index (κ2) is 15.7. The van der Waals surface area contributed by atoms with Crippen molar-refractivity contribution in [3.63, 3.8) is 0 Å². The lowest BCUT2D eigenvalue weighted by atomic mass is 9.48. The fourth-order valence-electron chi connectivity index (χ4n) is 8.95. The number of hydrogen-bond donors (Lipinski definition) is 2. The molecule has 55 heavy (non-hydrogen) atoms. The SMILES string of the molecule is CCOc1cnc(C(C#N)=CN)c(-c2ccc(N3CCC(CN4CCN(C(=O)C5CC6(CC(C=O)C6)C5)CC4)(NC(=O)c4cc(F)ccc4F)CC3)nc2)c1. The van der Waals surface area contributed by atoms with Gasteiger partial charge in [-0.3, -0.25) is 19.5 Å². The predicted molar refractivity (Wildman–Crippen MR) is 201 cm³/mol. The maximum absolute atomic E-state index is 14.8. The second-order valence-electron chi connectivity index (χ2n) is 15.5. The van der Waals surface area contributed by atoms with Gasteiger partial charge in [0.1, 0.15) is 35.6 Å². The molecule has 2 aromatic heterocycles. The Morgan fingerprint density at radius 1 is 1.02 bits per heavy atom. The van der Waals surface area contributed by atoms with E-state index < -0.39 is 23.1 Å². The van der Waals surface area contributed by atoms with E-state index >= 15 is 0 Å². The molecule has 4 aliphatic rings. The number of anilines is 1. The van der Waals surface area contributed by atoms with Crippen LogP contribution in [0.1, 0.15) is 61.5 Å². The van der Waals surface area contributed by atoms with Crippen LogP contribution in [0, 0.1) is 40.2 Å². The van der Waals surface area contributed by atoms with Crippen LogP contribution in [0.2, 0.25) is 0 Å². The molecule has 2 aliphatic heterocycles. The molecule has 4 heterocycles. The number of nitriles is 1. The molecule has 3 N–H and O–H groups in total. The number of carbonyl (C=O) groups excluding carboxylic acids is 3. The Morgan fingerprint density at radius 2 is 1.76 bits per heavy atom. The Bertz CT molecular complexity index is 1990.